The van der Waals surface area contributed by atoms with E-state index in [4.69, 9.17) is 9.47 Å². The Bertz CT molecular complexity index is 397. The normalized spacial score (nSPS) is 16.9. The van der Waals surface area contributed by atoms with Crippen LogP contribution in [-0.4, -0.2) is 55.3 Å². The number of rotatable bonds is 6. The first-order valence-electron chi connectivity index (χ1n) is 7.14. The lowest BCUT2D eigenvalue weighted by Crippen LogP contribution is -2.36. The highest BCUT2D eigenvalue weighted by Gasteiger charge is 2.15. The van der Waals surface area contributed by atoms with E-state index < -0.39 is 0 Å². The number of piperidine rings is 1. The fourth-order valence-corrected chi connectivity index (χ4v) is 2.30. The topological polar surface area (TPSA) is 59.5 Å². The Morgan fingerprint density at radius 2 is 1.80 bits per heavy atom. The first-order valence-corrected chi connectivity index (χ1v) is 7.14. The highest BCUT2D eigenvalue weighted by molar-refractivity contribution is 5.33. The number of nitrogens with zero attached hydrogens (tertiary/aromatic N) is 3. The molecule has 0 bridgehead atoms. The molecule has 2 heterocycles. The molecule has 6 nitrogen and oxygen atoms in total. The van der Waals surface area contributed by atoms with Crippen molar-refractivity contribution < 1.29 is 9.47 Å². The number of ether oxygens (including phenoxy) is 2. The standard InChI is InChI=1S/C14H24N4O2/c1-11-4-7-18(8-5-11)9-6-15-14-16-12(19-2)10-13(17-14)20-3/h10-11H,4-9H2,1-3H3,(H,15,16,17). The molecule has 0 spiro atoms. The van der Waals surface area contributed by atoms with Gasteiger partial charge in [0.05, 0.1) is 20.3 Å². The zero-order chi connectivity index (χ0) is 14.4. The third-order valence-corrected chi connectivity index (χ3v) is 3.68. The van der Waals surface area contributed by atoms with Gasteiger partial charge in [0.15, 0.2) is 0 Å². The summed E-state index contributed by atoms with van der Waals surface area (Å²) in [4.78, 5) is 11.0. The highest BCUT2D eigenvalue weighted by atomic mass is 16.5. The number of hydrogen-bond acceptors (Lipinski definition) is 6. The Morgan fingerprint density at radius 3 is 2.35 bits per heavy atom. The molecule has 0 atom stereocenters. The van der Waals surface area contributed by atoms with Crippen molar-refractivity contribution in [3.05, 3.63) is 6.07 Å². The number of anilines is 1. The van der Waals surface area contributed by atoms with Crippen LogP contribution in [0.15, 0.2) is 6.07 Å². The molecule has 0 unspecified atom stereocenters. The molecule has 1 aliphatic rings. The average molecular weight is 280 g/mol. The lowest BCUT2D eigenvalue weighted by molar-refractivity contribution is 0.199. The quantitative estimate of drug-likeness (QED) is 0.855. The number of likely N-dealkylation sites (tertiary alicyclic amines) is 1. The van der Waals surface area contributed by atoms with Gasteiger partial charge in [0.2, 0.25) is 17.7 Å². The van der Waals surface area contributed by atoms with Gasteiger partial charge in [-0.25, -0.2) is 0 Å². The van der Waals surface area contributed by atoms with Crippen molar-refractivity contribution in [1.29, 1.82) is 0 Å². The summed E-state index contributed by atoms with van der Waals surface area (Å²) in [7, 11) is 3.17. The lowest BCUT2D eigenvalue weighted by Gasteiger charge is -2.30. The maximum atomic E-state index is 5.12. The molecule has 1 aliphatic heterocycles. The molecule has 0 amide bonds. The second-order valence-electron chi connectivity index (χ2n) is 5.23. The molecule has 1 N–H and O–H groups in total. The summed E-state index contributed by atoms with van der Waals surface area (Å²) < 4.78 is 10.2. The van der Waals surface area contributed by atoms with Gasteiger partial charge in [-0.15, -0.1) is 0 Å². The molecule has 2 rings (SSSR count). The lowest BCUT2D eigenvalue weighted by atomic mass is 9.99. The van der Waals surface area contributed by atoms with Crippen LogP contribution in [0.4, 0.5) is 5.95 Å². The molecular formula is C14H24N4O2. The smallest absolute Gasteiger partial charge is 0.229 e. The predicted octanol–water partition coefficient (Wildman–Crippen LogP) is 1.64. The van der Waals surface area contributed by atoms with Crippen LogP contribution in [0.5, 0.6) is 11.8 Å². The van der Waals surface area contributed by atoms with E-state index >= 15 is 0 Å². The molecule has 1 saturated heterocycles. The van der Waals surface area contributed by atoms with E-state index in [1.54, 1.807) is 20.3 Å². The van der Waals surface area contributed by atoms with Crippen LogP contribution < -0.4 is 14.8 Å². The summed E-state index contributed by atoms with van der Waals surface area (Å²) in [6, 6.07) is 1.66. The predicted molar refractivity (Wildman–Crippen MR) is 78.5 cm³/mol. The van der Waals surface area contributed by atoms with Gasteiger partial charge in [-0.05, 0) is 31.8 Å². The minimum Gasteiger partial charge on any atom is -0.481 e. The molecular weight excluding hydrogens is 256 g/mol. The zero-order valence-electron chi connectivity index (χ0n) is 12.6. The molecule has 6 heteroatoms. The molecule has 20 heavy (non-hydrogen) atoms. The largest absolute Gasteiger partial charge is 0.481 e. The monoisotopic (exact) mass is 280 g/mol. The van der Waals surface area contributed by atoms with E-state index in [0.29, 0.717) is 17.7 Å². The summed E-state index contributed by atoms with van der Waals surface area (Å²) in [5.74, 6) is 2.43. The number of hydrogen-bond donors (Lipinski definition) is 1. The van der Waals surface area contributed by atoms with Crippen molar-refractivity contribution in [3.63, 3.8) is 0 Å². The Kier molecular flexibility index (Phi) is 5.40. The second-order valence-corrected chi connectivity index (χ2v) is 5.23. The minimum atomic E-state index is 0.506. The van der Waals surface area contributed by atoms with E-state index in [0.717, 1.165) is 19.0 Å². The first kappa shape index (κ1) is 14.8. The van der Waals surface area contributed by atoms with E-state index in [1.165, 1.54) is 25.9 Å². The van der Waals surface area contributed by atoms with Gasteiger partial charge >= 0.3 is 0 Å². The van der Waals surface area contributed by atoms with Gasteiger partial charge < -0.3 is 19.7 Å². The van der Waals surface area contributed by atoms with Crippen molar-refractivity contribution >= 4 is 5.95 Å². The average Bonchev–Trinajstić information content (AvgIpc) is 2.49. The van der Waals surface area contributed by atoms with Gasteiger partial charge in [0, 0.05) is 13.1 Å². The van der Waals surface area contributed by atoms with Crippen molar-refractivity contribution in [1.82, 2.24) is 14.9 Å². The third kappa shape index (κ3) is 4.23. The molecule has 0 saturated carbocycles. The zero-order valence-corrected chi connectivity index (χ0v) is 12.6. The summed E-state index contributed by atoms with van der Waals surface area (Å²) >= 11 is 0. The van der Waals surface area contributed by atoms with E-state index in [1.807, 2.05) is 0 Å². The summed E-state index contributed by atoms with van der Waals surface area (Å²) in [5.41, 5.74) is 0. The Balaban J connectivity index is 1.81. The van der Waals surface area contributed by atoms with Crippen molar-refractivity contribution in [2.75, 3.05) is 45.7 Å². The molecule has 0 aliphatic carbocycles. The highest BCUT2D eigenvalue weighted by Crippen LogP contribution is 2.18. The maximum absolute atomic E-state index is 5.12. The second kappa shape index (κ2) is 7.28. The summed E-state index contributed by atoms with van der Waals surface area (Å²) in [6.45, 7) is 6.53. The van der Waals surface area contributed by atoms with Crippen LogP contribution >= 0.6 is 0 Å². The SMILES string of the molecule is COc1cc(OC)nc(NCCN2CCC(C)CC2)n1. The first-order chi connectivity index (χ1) is 9.71. The van der Waals surface area contributed by atoms with Crippen LogP contribution in [0, 0.1) is 5.92 Å². The third-order valence-electron chi connectivity index (χ3n) is 3.68. The number of methoxy groups -OCH3 is 2. The molecule has 0 radical (unpaired) electrons. The van der Waals surface area contributed by atoms with Gasteiger partial charge in [-0.3, -0.25) is 0 Å². The van der Waals surface area contributed by atoms with Gasteiger partial charge in [0.25, 0.3) is 0 Å². The van der Waals surface area contributed by atoms with E-state index in [2.05, 4.69) is 27.1 Å². The van der Waals surface area contributed by atoms with Crippen molar-refractivity contribution in [2.24, 2.45) is 5.92 Å². The molecule has 0 aromatic carbocycles. The van der Waals surface area contributed by atoms with Crippen LogP contribution in [0.25, 0.3) is 0 Å². The number of aromatic nitrogens is 2. The van der Waals surface area contributed by atoms with Crippen LogP contribution in [0.2, 0.25) is 0 Å². The fourth-order valence-electron chi connectivity index (χ4n) is 2.30. The fraction of sp³-hybridized carbons (Fsp3) is 0.714. The van der Waals surface area contributed by atoms with Crippen molar-refractivity contribution in [2.45, 2.75) is 19.8 Å². The minimum absolute atomic E-state index is 0.506. The van der Waals surface area contributed by atoms with Gasteiger partial charge in [-0.2, -0.15) is 9.97 Å². The van der Waals surface area contributed by atoms with Crippen LogP contribution in [0.1, 0.15) is 19.8 Å². The molecule has 1 fully saturated rings. The van der Waals surface area contributed by atoms with Gasteiger partial charge in [-0.1, -0.05) is 6.92 Å². The molecule has 1 aromatic heterocycles. The molecule has 1 aromatic rings. The molecule has 112 valence electrons. The van der Waals surface area contributed by atoms with Crippen molar-refractivity contribution in [3.8, 4) is 11.8 Å². The van der Waals surface area contributed by atoms with Crippen LogP contribution in [0.3, 0.4) is 0 Å². The number of nitrogens with one attached hydrogen (secondary N) is 1. The van der Waals surface area contributed by atoms with Gasteiger partial charge in [0.1, 0.15) is 0 Å². The van der Waals surface area contributed by atoms with E-state index in [9.17, 15) is 0 Å². The summed E-state index contributed by atoms with van der Waals surface area (Å²) in [5, 5.41) is 3.23. The van der Waals surface area contributed by atoms with Crippen LogP contribution in [-0.2, 0) is 0 Å². The Hall–Kier alpha value is -1.56. The maximum Gasteiger partial charge on any atom is 0.229 e. The Labute approximate surface area is 120 Å². The van der Waals surface area contributed by atoms with E-state index in [-0.39, 0.29) is 0 Å². The summed E-state index contributed by atoms with van der Waals surface area (Å²) in [6.07, 6.45) is 2.59. The Morgan fingerprint density at radius 1 is 1.20 bits per heavy atom.